The highest BCUT2D eigenvalue weighted by Gasteiger charge is 2.34. The van der Waals surface area contributed by atoms with Crippen LogP contribution < -0.4 is 5.32 Å². The van der Waals surface area contributed by atoms with Crippen LogP contribution in [0.2, 0.25) is 0 Å². The Morgan fingerprint density at radius 3 is 2.33 bits per heavy atom. The number of hydrogen-bond acceptors (Lipinski definition) is 4. The van der Waals surface area contributed by atoms with Crippen molar-refractivity contribution in [1.29, 1.82) is 0 Å². The molecule has 1 aromatic heterocycles. The number of aryl methyl sites for hydroxylation is 2. The zero-order valence-corrected chi connectivity index (χ0v) is 13.5. The Morgan fingerprint density at radius 2 is 1.79 bits per heavy atom. The van der Waals surface area contributed by atoms with Crippen LogP contribution in [0.4, 0.5) is 0 Å². The van der Waals surface area contributed by atoms with Gasteiger partial charge in [0.1, 0.15) is 0 Å². The van der Waals surface area contributed by atoms with Crippen molar-refractivity contribution in [3.8, 4) is 0 Å². The van der Waals surface area contributed by atoms with Crippen molar-refractivity contribution in [1.82, 2.24) is 20.4 Å². The van der Waals surface area contributed by atoms with E-state index in [4.69, 9.17) is 0 Å². The highest BCUT2D eigenvalue weighted by Crippen LogP contribution is 2.22. The molecule has 7 heteroatoms. The van der Waals surface area contributed by atoms with Gasteiger partial charge >= 0.3 is 0 Å². The minimum atomic E-state index is -0.343. The fraction of sp³-hybridized carbons (Fsp3) is 0.294. The summed E-state index contributed by atoms with van der Waals surface area (Å²) in [5.41, 5.74) is 3.49. The van der Waals surface area contributed by atoms with E-state index in [0.717, 1.165) is 21.9 Å². The fourth-order valence-corrected chi connectivity index (χ4v) is 2.77. The smallest absolute Gasteiger partial charge is 0.261 e. The van der Waals surface area contributed by atoms with Gasteiger partial charge in [0.25, 0.3) is 11.8 Å². The Balaban J connectivity index is 1.56. The first-order valence-electron chi connectivity index (χ1n) is 7.71. The third-order valence-corrected chi connectivity index (χ3v) is 4.18. The predicted octanol–water partition coefficient (Wildman–Crippen LogP) is 1.33. The first-order chi connectivity index (χ1) is 11.5. The van der Waals surface area contributed by atoms with Gasteiger partial charge in [0, 0.05) is 30.8 Å². The van der Waals surface area contributed by atoms with Gasteiger partial charge in [-0.15, -0.1) is 0 Å². The Hall–Kier alpha value is -2.96. The van der Waals surface area contributed by atoms with E-state index < -0.39 is 0 Å². The molecule has 2 heterocycles. The molecule has 2 aromatic rings. The number of nitrogens with one attached hydrogen (secondary N) is 2. The molecule has 0 bridgehead atoms. The van der Waals surface area contributed by atoms with Gasteiger partial charge in [0.2, 0.25) is 5.91 Å². The average molecular weight is 326 g/mol. The Labute approximate surface area is 139 Å². The summed E-state index contributed by atoms with van der Waals surface area (Å²) in [6, 6.07) is 6.69. The fourth-order valence-electron chi connectivity index (χ4n) is 2.77. The Bertz CT molecular complexity index is 770. The number of carbonyl (C=O) groups excluding carboxylic acids is 3. The Morgan fingerprint density at radius 1 is 1.17 bits per heavy atom. The lowest BCUT2D eigenvalue weighted by atomic mass is 10.1. The van der Waals surface area contributed by atoms with Crippen LogP contribution in [0.1, 0.15) is 44.1 Å². The van der Waals surface area contributed by atoms with Crippen molar-refractivity contribution < 1.29 is 14.4 Å². The van der Waals surface area contributed by atoms with Crippen molar-refractivity contribution in [2.45, 2.75) is 26.8 Å². The molecule has 3 amide bonds. The van der Waals surface area contributed by atoms with Crippen LogP contribution in [0, 0.1) is 13.8 Å². The second kappa shape index (κ2) is 6.27. The number of aromatic nitrogens is 2. The van der Waals surface area contributed by atoms with Crippen LogP contribution in [0.3, 0.4) is 0 Å². The molecule has 1 aliphatic rings. The molecule has 0 spiro atoms. The number of H-pyrrole nitrogens is 1. The van der Waals surface area contributed by atoms with Crippen molar-refractivity contribution >= 4 is 17.7 Å². The van der Waals surface area contributed by atoms with E-state index in [1.165, 1.54) is 0 Å². The van der Waals surface area contributed by atoms with E-state index in [0.29, 0.717) is 17.7 Å². The lowest BCUT2D eigenvalue weighted by Gasteiger charge is -2.13. The highest BCUT2D eigenvalue weighted by atomic mass is 16.2. The van der Waals surface area contributed by atoms with Crippen LogP contribution in [0.25, 0.3) is 0 Å². The normalized spacial score (nSPS) is 13.3. The van der Waals surface area contributed by atoms with E-state index in [1.807, 2.05) is 13.8 Å². The third-order valence-electron chi connectivity index (χ3n) is 4.18. The zero-order chi connectivity index (χ0) is 17.3. The number of carbonyl (C=O) groups is 3. The van der Waals surface area contributed by atoms with E-state index in [-0.39, 0.29) is 30.7 Å². The van der Waals surface area contributed by atoms with Gasteiger partial charge < -0.3 is 5.32 Å². The molecule has 0 atom stereocenters. The molecule has 0 aliphatic carbocycles. The van der Waals surface area contributed by atoms with E-state index >= 15 is 0 Å². The summed E-state index contributed by atoms with van der Waals surface area (Å²) in [5, 5.41) is 9.73. The second-order valence-corrected chi connectivity index (χ2v) is 5.75. The molecule has 0 saturated heterocycles. The quantitative estimate of drug-likeness (QED) is 0.810. The molecule has 3 rings (SSSR count). The van der Waals surface area contributed by atoms with Crippen molar-refractivity contribution in [3.63, 3.8) is 0 Å². The summed E-state index contributed by atoms with van der Waals surface area (Å²) in [6.45, 7) is 4.20. The van der Waals surface area contributed by atoms with Crippen LogP contribution in [-0.4, -0.2) is 39.4 Å². The number of fused-ring (bicyclic) bond motifs is 1. The van der Waals surface area contributed by atoms with Crippen molar-refractivity contribution in [2.75, 3.05) is 6.54 Å². The minimum Gasteiger partial charge on any atom is -0.352 e. The maximum absolute atomic E-state index is 12.2. The summed E-state index contributed by atoms with van der Waals surface area (Å²) in [6.07, 6.45) is 0.0708. The third kappa shape index (κ3) is 2.80. The van der Waals surface area contributed by atoms with Crippen molar-refractivity contribution in [2.24, 2.45) is 0 Å². The van der Waals surface area contributed by atoms with E-state index in [2.05, 4.69) is 15.5 Å². The summed E-state index contributed by atoms with van der Waals surface area (Å²) < 4.78 is 0. The number of aromatic amines is 1. The molecule has 1 aliphatic heterocycles. The molecular formula is C17H18N4O3. The second-order valence-electron chi connectivity index (χ2n) is 5.75. The topological polar surface area (TPSA) is 95.2 Å². The predicted molar refractivity (Wildman–Crippen MR) is 86.3 cm³/mol. The minimum absolute atomic E-state index is 0.0708. The monoisotopic (exact) mass is 326 g/mol. The van der Waals surface area contributed by atoms with Crippen LogP contribution in [-0.2, 0) is 11.3 Å². The van der Waals surface area contributed by atoms with Crippen molar-refractivity contribution in [3.05, 3.63) is 52.3 Å². The molecule has 1 aromatic carbocycles. The molecule has 0 fully saturated rings. The van der Waals surface area contributed by atoms with Crippen LogP contribution in [0.5, 0.6) is 0 Å². The Kier molecular flexibility index (Phi) is 4.16. The molecular weight excluding hydrogens is 308 g/mol. The SMILES string of the molecule is Cc1n[nH]c(C)c1CNC(=O)CCN1C(=O)c2ccccc2C1=O. The molecule has 0 unspecified atom stereocenters. The zero-order valence-electron chi connectivity index (χ0n) is 13.5. The van der Waals surface area contributed by atoms with Crippen LogP contribution in [0.15, 0.2) is 24.3 Å². The number of benzene rings is 1. The molecule has 24 heavy (non-hydrogen) atoms. The first-order valence-corrected chi connectivity index (χ1v) is 7.71. The van der Waals surface area contributed by atoms with E-state index in [1.54, 1.807) is 24.3 Å². The van der Waals surface area contributed by atoms with Gasteiger partial charge in [0.15, 0.2) is 0 Å². The number of amides is 3. The van der Waals surface area contributed by atoms with Gasteiger partial charge in [-0.25, -0.2) is 0 Å². The molecule has 2 N–H and O–H groups in total. The van der Waals surface area contributed by atoms with E-state index in [9.17, 15) is 14.4 Å². The van der Waals surface area contributed by atoms with Gasteiger partial charge in [-0.1, -0.05) is 12.1 Å². The number of rotatable bonds is 5. The molecule has 0 radical (unpaired) electrons. The maximum Gasteiger partial charge on any atom is 0.261 e. The van der Waals surface area contributed by atoms with Crippen LogP contribution >= 0.6 is 0 Å². The lowest BCUT2D eigenvalue weighted by molar-refractivity contribution is -0.121. The first kappa shape index (κ1) is 15.9. The van der Waals surface area contributed by atoms with Gasteiger partial charge in [-0.2, -0.15) is 5.10 Å². The summed E-state index contributed by atoms with van der Waals surface area (Å²) in [5.74, 6) is -0.901. The number of imide groups is 1. The molecule has 0 saturated carbocycles. The molecule has 7 nitrogen and oxygen atoms in total. The standard InChI is InChI=1S/C17H18N4O3/c1-10-14(11(2)20-19-10)9-18-15(22)7-8-21-16(23)12-5-3-4-6-13(12)17(21)24/h3-6H,7-9H2,1-2H3,(H,18,22)(H,19,20). The van der Waals surface area contributed by atoms with Gasteiger partial charge in [-0.05, 0) is 26.0 Å². The number of nitrogens with zero attached hydrogens (tertiary/aromatic N) is 2. The summed E-state index contributed by atoms with van der Waals surface area (Å²) in [4.78, 5) is 37.6. The largest absolute Gasteiger partial charge is 0.352 e. The van der Waals surface area contributed by atoms with Gasteiger partial charge in [0.05, 0.1) is 16.8 Å². The number of hydrogen-bond donors (Lipinski definition) is 2. The average Bonchev–Trinajstić information content (AvgIpc) is 3.02. The molecule has 124 valence electrons. The maximum atomic E-state index is 12.2. The summed E-state index contributed by atoms with van der Waals surface area (Å²) in [7, 11) is 0. The lowest BCUT2D eigenvalue weighted by Crippen LogP contribution is -2.34. The summed E-state index contributed by atoms with van der Waals surface area (Å²) >= 11 is 0. The van der Waals surface area contributed by atoms with Gasteiger partial charge in [-0.3, -0.25) is 24.4 Å². The highest BCUT2D eigenvalue weighted by molar-refractivity contribution is 6.21.